The highest BCUT2D eigenvalue weighted by molar-refractivity contribution is 6.01. The normalized spacial score (nSPS) is 18.3. The molecule has 21 heavy (non-hydrogen) atoms. The second-order valence-electron chi connectivity index (χ2n) is 4.87. The van der Waals surface area contributed by atoms with Crippen LogP contribution in [0.2, 0.25) is 0 Å². The molecule has 0 saturated carbocycles. The summed E-state index contributed by atoms with van der Waals surface area (Å²) in [6, 6.07) is 2.01. The Morgan fingerprint density at radius 2 is 2.24 bits per heavy atom. The number of nitrogens with two attached hydrogens (primary N) is 1. The van der Waals surface area contributed by atoms with Crippen LogP contribution in [0.4, 0.5) is 15.8 Å². The van der Waals surface area contributed by atoms with Crippen molar-refractivity contribution in [3.05, 3.63) is 17.9 Å². The number of rotatable bonds is 5. The average Bonchev–Trinajstić information content (AvgIpc) is 2.43. The molecular weight excluding hydrogens is 277 g/mol. The number of hydrogen-bond donors (Lipinski definition) is 3. The highest BCUT2D eigenvalue weighted by atomic mass is 19.1. The Morgan fingerprint density at radius 1 is 1.48 bits per heavy atom. The highest BCUT2D eigenvalue weighted by Gasteiger charge is 2.27. The van der Waals surface area contributed by atoms with Crippen LogP contribution in [0.1, 0.15) is 26.2 Å². The molecule has 0 bridgehead atoms. The molecule has 1 aliphatic rings. The van der Waals surface area contributed by atoms with Gasteiger partial charge in [-0.3, -0.25) is 14.9 Å². The molecular formula is C14H18FN3O3. The predicted molar refractivity (Wildman–Crippen MR) is 76.4 cm³/mol. The number of ether oxygens (including phenoxy) is 1. The minimum atomic E-state index is -0.575. The topological polar surface area (TPSA) is 93.5 Å². The van der Waals surface area contributed by atoms with Crippen molar-refractivity contribution in [2.24, 2.45) is 0 Å². The van der Waals surface area contributed by atoms with Gasteiger partial charge in [0.1, 0.15) is 6.04 Å². The fourth-order valence-corrected chi connectivity index (χ4v) is 2.04. The van der Waals surface area contributed by atoms with E-state index in [-0.39, 0.29) is 23.8 Å². The minimum absolute atomic E-state index is 0.0841. The summed E-state index contributed by atoms with van der Waals surface area (Å²) in [7, 11) is 0. The second-order valence-corrected chi connectivity index (χ2v) is 4.87. The maximum Gasteiger partial charge on any atom is 0.249 e. The summed E-state index contributed by atoms with van der Waals surface area (Å²) >= 11 is 0. The first kappa shape index (κ1) is 15.1. The molecule has 1 atom stereocenters. The van der Waals surface area contributed by atoms with Crippen molar-refractivity contribution in [1.29, 1.82) is 0 Å². The smallest absolute Gasteiger partial charge is 0.249 e. The van der Waals surface area contributed by atoms with E-state index in [4.69, 9.17) is 10.5 Å². The average molecular weight is 295 g/mol. The van der Waals surface area contributed by atoms with Gasteiger partial charge in [0, 0.05) is 18.6 Å². The quantitative estimate of drug-likeness (QED) is 0.564. The molecule has 0 radical (unpaired) electrons. The molecule has 0 aliphatic carbocycles. The van der Waals surface area contributed by atoms with Crippen LogP contribution in [-0.2, 0) is 9.59 Å². The van der Waals surface area contributed by atoms with Gasteiger partial charge in [-0.15, -0.1) is 0 Å². The van der Waals surface area contributed by atoms with Crippen molar-refractivity contribution in [2.75, 3.05) is 17.7 Å². The summed E-state index contributed by atoms with van der Waals surface area (Å²) in [6.45, 7) is 2.30. The number of imide groups is 1. The lowest BCUT2D eigenvalue weighted by Crippen LogP contribution is -2.47. The number of carbonyl (C=O) groups is 2. The zero-order chi connectivity index (χ0) is 15.4. The number of anilines is 2. The zero-order valence-electron chi connectivity index (χ0n) is 11.7. The van der Waals surface area contributed by atoms with Gasteiger partial charge in [0.2, 0.25) is 11.8 Å². The van der Waals surface area contributed by atoms with Crippen molar-refractivity contribution in [3.8, 4) is 5.75 Å². The van der Waals surface area contributed by atoms with Gasteiger partial charge < -0.3 is 15.8 Å². The van der Waals surface area contributed by atoms with Crippen LogP contribution in [-0.4, -0.2) is 24.5 Å². The van der Waals surface area contributed by atoms with Crippen molar-refractivity contribution < 1.29 is 18.7 Å². The largest absolute Gasteiger partial charge is 0.490 e. The predicted octanol–water partition coefficient (Wildman–Crippen LogP) is 1.41. The molecule has 0 aromatic heterocycles. The van der Waals surface area contributed by atoms with E-state index in [0.29, 0.717) is 18.7 Å². The number of carbonyl (C=O) groups excluding carboxylic acids is 2. The van der Waals surface area contributed by atoms with E-state index in [0.717, 1.165) is 12.5 Å². The molecule has 0 spiro atoms. The lowest BCUT2D eigenvalue weighted by molar-refractivity contribution is -0.133. The molecule has 1 heterocycles. The summed E-state index contributed by atoms with van der Waals surface area (Å²) in [5.74, 6) is -1.17. The van der Waals surface area contributed by atoms with E-state index >= 15 is 0 Å². The maximum atomic E-state index is 13.7. The molecule has 1 saturated heterocycles. The number of nitrogen functional groups attached to an aromatic ring is 1. The number of halogens is 1. The number of piperidine rings is 1. The Labute approximate surface area is 121 Å². The van der Waals surface area contributed by atoms with Gasteiger partial charge >= 0.3 is 0 Å². The van der Waals surface area contributed by atoms with Crippen LogP contribution in [0.15, 0.2) is 12.1 Å². The Hall–Kier alpha value is -2.31. The van der Waals surface area contributed by atoms with E-state index < -0.39 is 17.8 Å². The van der Waals surface area contributed by atoms with E-state index in [2.05, 4.69) is 10.6 Å². The number of benzene rings is 1. The third-order valence-electron chi connectivity index (χ3n) is 3.13. The van der Waals surface area contributed by atoms with Crippen LogP contribution in [0.3, 0.4) is 0 Å². The third-order valence-corrected chi connectivity index (χ3v) is 3.13. The van der Waals surface area contributed by atoms with Gasteiger partial charge in [-0.25, -0.2) is 4.39 Å². The SMILES string of the molecule is CCCOc1cc(NC2CCC(=O)NC2=O)c(N)cc1F. The summed E-state index contributed by atoms with van der Waals surface area (Å²) < 4.78 is 19.0. The monoisotopic (exact) mass is 295 g/mol. The second kappa shape index (κ2) is 6.43. The summed E-state index contributed by atoms with van der Waals surface area (Å²) in [6.07, 6.45) is 1.37. The van der Waals surface area contributed by atoms with Crippen molar-refractivity contribution in [2.45, 2.75) is 32.2 Å². The van der Waals surface area contributed by atoms with E-state index in [1.165, 1.54) is 6.07 Å². The van der Waals surface area contributed by atoms with Gasteiger partial charge in [0.05, 0.1) is 18.0 Å². The molecule has 7 heteroatoms. The molecule has 1 aliphatic heterocycles. The van der Waals surface area contributed by atoms with Gasteiger partial charge in [0.15, 0.2) is 11.6 Å². The van der Waals surface area contributed by atoms with Gasteiger partial charge in [-0.1, -0.05) is 6.92 Å². The van der Waals surface area contributed by atoms with Gasteiger partial charge in [-0.2, -0.15) is 0 Å². The van der Waals surface area contributed by atoms with Crippen LogP contribution < -0.4 is 21.1 Å². The number of hydrogen-bond acceptors (Lipinski definition) is 5. The fourth-order valence-electron chi connectivity index (χ4n) is 2.04. The Morgan fingerprint density at radius 3 is 2.90 bits per heavy atom. The van der Waals surface area contributed by atoms with Gasteiger partial charge in [0.25, 0.3) is 0 Å². The molecule has 114 valence electrons. The van der Waals surface area contributed by atoms with Crippen molar-refractivity contribution >= 4 is 23.2 Å². The maximum absolute atomic E-state index is 13.7. The van der Waals surface area contributed by atoms with Crippen molar-refractivity contribution in [1.82, 2.24) is 5.32 Å². The standard InChI is InChI=1S/C14H18FN3O3/c1-2-5-21-12-7-11(9(16)6-8(12)15)17-10-3-4-13(19)18-14(10)20/h6-7,10,17H,2-5,16H2,1H3,(H,18,19,20). The van der Waals surface area contributed by atoms with Crippen LogP contribution in [0, 0.1) is 5.82 Å². The first-order valence-electron chi connectivity index (χ1n) is 6.83. The third kappa shape index (κ3) is 3.62. The molecule has 2 rings (SSSR count). The molecule has 2 amide bonds. The number of nitrogens with one attached hydrogen (secondary N) is 2. The summed E-state index contributed by atoms with van der Waals surface area (Å²) in [5.41, 5.74) is 6.35. The molecule has 1 unspecified atom stereocenters. The molecule has 1 fully saturated rings. The van der Waals surface area contributed by atoms with Crippen LogP contribution in [0.5, 0.6) is 5.75 Å². The van der Waals surface area contributed by atoms with Crippen LogP contribution in [0.25, 0.3) is 0 Å². The van der Waals surface area contributed by atoms with E-state index in [1.807, 2.05) is 6.92 Å². The Kier molecular flexibility index (Phi) is 4.62. The molecule has 1 aromatic rings. The Balaban J connectivity index is 2.15. The fraction of sp³-hybridized carbons (Fsp3) is 0.429. The molecule has 4 N–H and O–H groups in total. The van der Waals surface area contributed by atoms with E-state index in [1.54, 1.807) is 0 Å². The van der Waals surface area contributed by atoms with Crippen LogP contribution >= 0.6 is 0 Å². The molecule has 1 aromatic carbocycles. The summed E-state index contributed by atoms with van der Waals surface area (Å²) in [4.78, 5) is 22.8. The highest BCUT2D eigenvalue weighted by Crippen LogP contribution is 2.29. The molecule has 6 nitrogen and oxygen atoms in total. The van der Waals surface area contributed by atoms with E-state index in [9.17, 15) is 14.0 Å². The minimum Gasteiger partial charge on any atom is -0.490 e. The first-order valence-corrected chi connectivity index (χ1v) is 6.83. The lowest BCUT2D eigenvalue weighted by atomic mass is 10.1. The summed E-state index contributed by atoms with van der Waals surface area (Å²) in [5, 5.41) is 5.17. The van der Waals surface area contributed by atoms with Crippen molar-refractivity contribution in [3.63, 3.8) is 0 Å². The first-order chi connectivity index (χ1) is 10.0. The lowest BCUT2D eigenvalue weighted by Gasteiger charge is -2.23. The number of amides is 2. The van der Waals surface area contributed by atoms with Gasteiger partial charge in [-0.05, 0) is 12.8 Å². The Bertz CT molecular complexity index is 563. The zero-order valence-corrected chi connectivity index (χ0v) is 11.7.